The Morgan fingerprint density at radius 2 is 1.93 bits per heavy atom. The largest absolute Gasteiger partial charge is 0.497 e. The summed E-state index contributed by atoms with van der Waals surface area (Å²) < 4.78 is 13.0. The number of rotatable bonds is 6. The normalized spacial score (nSPS) is 11.0. The van der Waals surface area contributed by atoms with Gasteiger partial charge in [0.15, 0.2) is 6.61 Å². The number of Topliss-reactive ketones (excluding diaryl/α,β-unsaturated/α-hetero) is 1. The standard InChI is InChI=1S/C21H19N3O3S/c1-13-10-18(14(2)24(13)15-4-6-16(26-3)7-5-15)19(25)11-27-20-17-8-9-28-21(17)23-12-22-20/h4-10,12H,11H2,1-3H3. The molecule has 0 unspecified atom stereocenters. The van der Waals surface area contributed by atoms with Crippen LogP contribution in [-0.2, 0) is 0 Å². The Morgan fingerprint density at radius 1 is 1.14 bits per heavy atom. The topological polar surface area (TPSA) is 66.2 Å². The minimum absolute atomic E-state index is 0.0745. The lowest BCUT2D eigenvalue weighted by Gasteiger charge is -2.11. The Bertz CT molecular complexity index is 1150. The van der Waals surface area contributed by atoms with Gasteiger partial charge in [-0.1, -0.05) is 0 Å². The van der Waals surface area contributed by atoms with Crippen molar-refractivity contribution in [2.24, 2.45) is 0 Å². The minimum Gasteiger partial charge on any atom is -0.497 e. The summed E-state index contributed by atoms with van der Waals surface area (Å²) in [5.74, 6) is 1.14. The maximum Gasteiger partial charge on any atom is 0.225 e. The predicted molar refractivity (Wildman–Crippen MR) is 109 cm³/mol. The van der Waals surface area contributed by atoms with Crippen LogP contribution in [0.1, 0.15) is 21.7 Å². The number of aromatic nitrogens is 3. The second kappa shape index (κ2) is 7.44. The van der Waals surface area contributed by atoms with Crippen molar-refractivity contribution in [1.29, 1.82) is 0 Å². The predicted octanol–water partition coefficient (Wildman–Crippen LogP) is 4.37. The molecule has 0 amide bonds. The number of benzene rings is 1. The van der Waals surface area contributed by atoms with Crippen LogP contribution in [0.3, 0.4) is 0 Å². The van der Waals surface area contributed by atoms with Crippen molar-refractivity contribution in [1.82, 2.24) is 14.5 Å². The van der Waals surface area contributed by atoms with E-state index in [0.717, 1.165) is 33.0 Å². The molecule has 7 heteroatoms. The number of thiophene rings is 1. The smallest absolute Gasteiger partial charge is 0.225 e. The van der Waals surface area contributed by atoms with Crippen LogP contribution in [0.2, 0.25) is 0 Å². The van der Waals surface area contributed by atoms with Gasteiger partial charge >= 0.3 is 0 Å². The van der Waals surface area contributed by atoms with Crippen LogP contribution >= 0.6 is 11.3 Å². The van der Waals surface area contributed by atoms with Gasteiger partial charge in [-0.25, -0.2) is 9.97 Å². The van der Waals surface area contributed by atoms with Gasteiger partial charge in [0.25, 0.3) is 0 Å². The van der Waals surface area contributed by atoms with Crippen molar-refractivity contribution in [2.45, 2.75) is 13.8 Å². The van der Waals surface area contributed by atoms with Crippen molar-refractivity contribution >= 4 is 27.3 Å². The Balaban J connectivity index is 1.57. The lowest BCUT2D eigenvalue weighted by Crippen LogP contribution is -2.13. The fourth-order valence-corrected chi connectivity index (χ4v) is 3.99. The first-order chi connectivity index (χ1) is 13.6. The van der Waals surface area contributed by atoms with Crippen molar-refractivity contribution in [3.8, 4) is 17.3 Å². The molecule has 6 nitrogen and oxygen atoms in total. The third kappa shape index (κ3) is 3.25. The summed E-state index contributed by atoms with van der Waals surface area (Å²) in [5.41, 5.74) is 3.48. The van der Waals surface area contributed by atoms with Crippen LogP contribution in [0, 0.1) is 13.8 Å². The number of methoxy groups -OCH3 is 1. The number of ether oxygens (including phenoxy) is 2. The molecular weight excluding hydrogens is 374 g/mol. The Hall–Kier alpha value is -3.19. The first kappa shape index (κ1) is 18.2. The summed E-state index contributed by atoms with van der Waals surface area (Å²) in [6.45, 7) is 3.84. The van der Waals surface area contributed by atoms with Crippen LogP contribution in [0.5, 0.6) is 11.6 Å². The molecule has 0 aliphatic rings. The lowest BCUT2D eigenvalue weighted by atomic mass is 10.1. The van der Waals surface area contributed by atoms with E-state index in [9.17, 15) is 4.79 Å². The summed E-state index contributed by atoms with van der Waals surface area (Å²) in [5, 5.41) is 2.75. The summed E-state index contributed by atoms with van der Waals surface area (Å²) >= 11 is 1.51. The van der Waals surface area contributed by atoms with Gasteiger partial charge in [0.05, 0.1) is 12.5 Å². The molecule has 3 aromatic heterocycles. The van der Waals surface area contributed by atoms with Crippen molar-refractivity contribution in [2.75, 3.05) is 13.7 Å². The van der Waals surface area contributed by atoms with Crippen LogP contribution in [0.25, 0.3) is 15.9 Å². The molecule has 0 spiro atoms. The summed E-state index contributed by atoms with van der Waals surface area (Å²) in [4.78, 5) is 22.0. The number of carbonyl (C=O) groups excluding carboxylic acids is 1. The first-order valence-electron chi connectivity index (χ1n) is 8.76. The highest BCUT2D eigenvalue weighted by Crippen LogP contribution is 2.26. The first-order valence-corrected chi connectivity index (χ1v) is 9.64. The van der Waals surface area contributed by atoms with Gasteiger partial charge in [-0.3, -0.25) is 4.79 Å². The van der Waals surface area contributed by atoms with E-state index in [2.05, 4.69) is 14.5 Å². The van der Waals surface area contributed by atoms with E-state index in [1.54, 1.807) is 7.11 Å². The molecule has 3 heterocycles. The minimum atomic E-state index is -0.0881. The molecule has 0 N–H and O–H groups in total. The fraction of sp³-hybridized carbons (Fsp3) is 0.190. The molecule has 28 heavy (non-hydrogen) atoms. The third-order valence-electron chi connectivity index (χ3n) is 4.63. The zero-order valence-electron chi connectivity index (χ0n) is 15.8. The molecule has 142 valence electrons. The molecule has 0 saturated heterocycles. The molecule has 0 bridgehead atoms. The van der Waals surface area contributed by atoms with Crippen LogP contribution in [0.15, 0.2) is 48.1 Å². The molecule has 0 aliphatic heterocycles. The van der Waals surface area contributed by atoms with E-state index in [4.69, 9.17) is 9.47 Å². The maximum absolute atomic E-state index is 12.8. The number of ketones is 1. The van der Waals surface area contributed by atoms with Gasteiger partial charge in [0.1, 0.15) is 16.9 Å². The van der Waals surface area contributed by atoms with Crippen molar-refractivity contribution in [3.63, 3.8) is 0 Å². The average Bonchev–Trinajstić information content (AvgIpc) is 3.31. The molecule has 0 radical (unpaired) electrons. The SMILES string of the molecule is COc1ccc(-n2c(C)cc(C(=O)COc3ncnc4sccc34)c2C)cc1. The van der Waals surface area contributed by atoms with Gasteiger partial charge in [0.2, 0.25) is 11.7 Å². The van der Waals surface area contributed by atoms with Gasteiger partial charge in [0, 0.05) is 22.6 Å². The quantitative estimate of drug-likeness (QED) is 0.455. The summed E-state index contributed by atoms with van der Waals surface area (Å²) in [6, 6.07) is 11.5. The maximum atomic E-state index is 12.8. The molecule has 4 aromatic rings. The highest BCUT2D eigenvalue weighted by Gasteiger charge is 2.18. The van der Waals surface area contributed by atoms with E-state index < -0.39 is 0 Å². The number of aryl methyl sites for hydroxylation is 1. The Labute approximate surface area is 166 Å². The molecule has 0 atom stereocenters. The number of hydrogen-bond donors (Lipinski definition) is 0. The lowest BCUT2D eigenvalue weighted by molar-refractivity contribution is 0.0918. The zero-order valence-corrected chi connectivity index (χ0v) is 16.6. The monoisotopic (exact) mass is 393 g/mol. The second-order valence-corrected chi connectivity index (χ2v) is 7.24. The van der Waals surface area contributed by atoms with E-state index in [1.807, 2.05) is 55.6 Å². The van der Waals surface area contributed by atoms with Crippen LogP contribution < -0.4 is 9.47 Å². The molecule has 0 aliphatic carbocycles. The van der Waals surface area contributed by atoms with E-state index >= 15 is 0 Å². The number of hydrogen-bond acceptors (Lipinski definition) is 6. The molecule has 1 aromatic carbocycles. The van der Waals surface area contributed by atoms with E-state index in [0.29, 0.717) is 11.4 Å². The van der Waals surface area contributed by atoms with E-state index in [1.165, 1.54) is 17.7 Å². The molecule has 0 saturated carbocycles. The molecular formula is C21H19N3O3S. The molecule has 0 fully saturated rings. The average molecular weight is 393 g/mol. The number of fused-ring (bicyclic) bond motifs is 1. The van der Waals surface area contributed by atoms with Gasteiger partial charge < -0.3 is 14.0 Å². The number of nitrogens with zero attached hydrogens (tertiary/aromatic N) is 3. The number of carbonyl (C=O) groups is 1. The van der Waals surface area contributed by atoms with Gasteiger partial charge in [-0.05, 0) is 55.6 Å². The van der Waals surface area contributed by atoms with Crippen LogP contribution in [-0.4, -0.2) is 34.0 Å². The van der Waals surface area contributed by atoms with Gasteiger partial charge in [-0.15, -0.1) is 11.3 Å². The third-order valence-corrected chi connectivity index (χ3v) is 5.45. The highest BCUT2D eigenvalue weighted by atomic mass is 32.1. The summed E-state index contributed by atoms with van der Waals surface area (Å²) in [7, 11) is 1.64. The Kier molecular flexibility index (Phi) is 4.83. The second-order valence-electron chi connectivity index (χ2n) is 6.35. The highest BCUT2D eigenvalue weighted by molar-refractivity contribution is 7.16. The Morgan fingerprint density at radius 3 is 2.68 bits per heavy atom. The van der Waals surface area contributed by atoms with E-state index in [-0.39, 0.29) is 12.4 Å². The summed E-state index contributed by atoms with van der Waals surface area (Å²) in [6.07, 6.45) is 1.45. The van der Waals surface area contributed by atoms with Gasteiger partial charge in [-0.2, -0.15) is 0 Å². The zero-order chi connectivity index (χ0) is 19.7. The molecule has 4 rings (SSSR count). The van der Waals surface area contributed by atoms with Crippen molar-refractivity contribution in [3.05, 3.63) is 65.1 Å². The van der Waals surface area contributed by atoms with Crippen LogP contribution in [0.4, 0.5) is 0 Å². The van der Waals surface area contributed by atoms with Crippen molar-refractivity contribution < 1.29 is 14.3 Å². The fourth-order valence-electron chi connectivity index (χ4n) is 3.27.